The van der Waals surface area contributed by atoms with Crippen LogP contribution >= 0.6 is 0 Å². The molecule has 2 rings (SSSR count). The Kier molecular flexibility index (Phi) is 5.26. The van der Waals surface area contributed by atoms with Crippen LogP contribution in [0.1, 0.15) is 38.7 Å². The number of hydrogen-bond donors (Lipinski definition) is 1. The van der Waals surface area contributed by atoms with Gasteiger partial charge in [-0.25, -0.2) is 0 Å². The van der Waals surface area contributed by atoms with Crippen LogP contribution in [0.3, 0.4) is 0 Å². The molecule has 114 valence electrons. The fraction of sp³-hybridized carbons (Fsp3) is 0.471. The average molecular weight is 288 g/mol. The number of ether oxygens (including phenoxy) is 2. The first-order chi connectivity index (χ1) is 10.2. The van der Waals surface area contributed by atoms with Crippen molar-refractivity contribution in [2.24, 2.45) is 0 Å². The lowest BCUT2D eigenvalue weighted by molar-refractivity contribution is 0.289. The molecule has 4 heteroatoms. The molecule has 0 saturated heterocycles. The molecule has 2 aromatic rings. The zero-order valence-corrected chi connectivity index (χ0v) is 13.1. The van der Waals surface area contributed by atoms with E-state index in [-0.39, 0.29) is 0 Å². The van der Waals surface area contributed by atoms with Crippen LogP contribution in [0.25, 0.3) is 10.9 Å². The Balaban J connectivity index is 2.50. The maximum Gasteiger partial charge on any atom is 0.170 e. The van der Waals surface area contributed by atoms with Crippen LogP contribution in [0.4, 0.5) is 5.69 Å². The molecule has 0 bridgehead atoms. The van der Waals surface area contributed by atoms with Crippen LogP contribution in [0.15, 0.2) is 18.3 Å². The van der Waals surface area contributed by atoms with Gasteiger partial charge in [0.1, 0.15) is 0 Å². The third-order valence-electron chi connectivity index (χ3n) is 3.64. The molecule has 0 fully saturated rings. The number of aromatic nitrogens is 1. The quantitative estimate of drug-likeness (QED) is 0.619. The molecular weight excluding hydrogens is 264 g/mol. The summed E-state index contributed by atoms with van der Waals surface area (Å²) < 4.78 is 11.5. The molecule has 0 saturated carbocycles. The second kappa shape index (κ2) is 7.16. The van der Waals surface area contributed by atoms with Crippen molar-refractivity contribution in [2.45, 2.75) is 39.5 Å². The summed E-state index contributed by atoms with van der Waals surface area (Å²) in [5.41, 5.74) is 8.70. The fourth-order valence-corrected chi connectivity index (χ4v) is 2.49. The van der Waals surface area contributed by atoms with Crippen LogP contribution in [0.2, 0.25) is 0 Å². The molecule has 0 unspecified atom stereocenters. The zero-order valence-electron chi connectivity index (χ0n) is 13.1. The monoisotopic (exact) mass is 288 g/mol. The maximum atomic E-state index is 6.10. The number of rotatable bonds is 7. The summed E-state index contributed by atoms with van der Waals surface area (Å²) in [6, 6.07) is 3.81. The van der Waals surface area contributed by atoms with Crippen molar-refractivity contribution in [1.29, 1.82) is 0 Å². The van der Waals surface area contributed by atoms with E-state index in [2.05, 4.69) is 18.8 Å². The third-order valence-corrected chi connectivity index (χ3v) is 3.64. The Bertz CT molecular complexity index is 611. The van der Waals surface area contributed by atoms with E-state index in [0.717, 1.165) is 35.9 Å². The van der Waals surface area contributed by atoms with E-state index in [1.54, 1.807) is 19.4 Å². The van der Waals surface area contributed by atoms with Gasteiger partial charge >= 0.3 is 0 Å². The van der Waals surface area contributed by atoms with Crippen molar-refractivity contribution in [2.75, 3.05) is 19.5 Å². The highest BCUT2D eigenvalue weighted by atomic mass is 16.5. The lowest BCUT2D eigenvalue weighted by Gasteiger charge is -2.16. The van der Waals surface area contributed by atoms with Gasteiger partial charge in [-0.2, -0.15) is 0 Å². The van der Waals surface area contributed by atoms with E-state index >= 15 is 0 Å². The predicted octanol–water partition coefficient (Wildman–Crippen LogP) is 3.96. The molecular formula is C17H24N2O2. The molecule has 0 atom stereocenters. The van der Waals surface area contributed by atoms with Crippen molar-refractivity contribution in [3.63, 3.8) is 0 Å². The van der Waals surface area contributed by atoms with E-state index in [9.17, 15) is 0 Å². The van der Waals surface area contributed by atoms with E-state index in [1.165, 1.54) is 12.0 Å². The van der Waals surface area contributed by atoms with Gasteiger partial charge in [0, 0.05) is 12.3 Å². The number of fused-ring (bicyclic) bond motifs is 1. The first-order valence-electron chi connectivity index (χ1n) is 7.59. The number of hydrogen-bond acceptors (Lipinski definition) is 4. The van der Waals surface area contributed by atoms with E-state index in [4.69, 9.17) is 15.2 Å². The fourth-order valence-electron chi connectivity index (χ4n) is 2.49. The van der Waals surface area contributed by atoms with Gasteiger partial charge in [0.2, 0.25) is 0 Å². The van der Waals surface area contributed by atoms with Crippen LogP contribution in [0.5, 0.6) is 11.5 Å². The molecule has 1 heterocycles. The summed E-state index contributed by atoms with van der Waals surface area (Å²) in [4.78, 5) is 4.41. The SMILES string of the molecule is CCCCCOc1c(OC)cc(N)c2nccc(CC)c12. The van der Waals surface area contributed by atoms with Crippen molar-refractivity contribution in [3.8, 4) is 11.5 Å². The smallest absolute Gasteiger partial charge is 0.170 e. The average Bonchev–Trinajstić information content (AvgIpc) is 2.52. The normalized spacial score (nSPS) is 10.8. The van der Waals surface area contributed by atoms with Crippen LogP contribution in [-0.2, 0) is 6.42 Å². The van der Waals surface area contributed by atoms with E-state index < -0.39 is 0 Å². The second-order valence-corrected chi connectivity index (χ2v) is 5.10. The number of unbranched alkanes of at least 4 members (excludes halogenated alkanes) is 2. The highest BCUT2D eigenvalue weighted by Crippen LogP contribution is 2.40. The number of nitrogen functional groups attached to an aromatic ring is 1. The van der Waals surface area contributed by atoms with Gasteiger partial charge in [-0.3, -0.25) is 4.98 Å². The lowest BCUT2D eigenvalue weighted by atomic mass is 10.0. The second-order valence-electron chi connectivity index (χ2n) is 5.10. The van der Waals surface area contributed by atoms with E-state index in [1.807, 2.05) is 6.07 Å². The van der Waals surface area contributed by atoms with Gasteiger partial charge in [0.25, 0.3) is 0 Å². The summed E-state index contributed by atoms with van der Waals surface area (Å²) >= 11 is 0. The first-order valence-corrected chi connectivity index (χ1v) is 7.59. The molecule has 0 aliphatic heterocycles. The van der Waals surface area contributed by atoms with Crippen LogP contribution in [0, 0.1) is 0 Å². The summed E-state index contributed by atoms with van der Waals surface area (Å²) in [6.45, 7) is 4.98. The molecule has 0 aliphatic rings. The zero-order chi connectivity index (χ0) is 15.2. The number of nitrogens with zero attached hydrogens (tertiary/aromatic N) is 1. The van der Waals surface area contributed by atoms with Gasteiger partial charge in [0.05, 0.1) is 30.3 Å². The summed E-state index contributed by atoms with van der Waals surface area (Å²) in [7, 11) is 1.64. The number of aryl methyl sites for hydroxylation is 1. The number of anilines is 1. The topological polar surface area (TPSA) is 57.4 Å². The summed E-state index contributed by atoms with van der Waals surface area (Å²) in [5, 5.41) is 0.980. The Morgan fingerprint density at radius 2 is 2.05 bits per heavy atom. The molecule has 21 heavy (non-hydrogen) atoms. The minimum atomic E-state index is 0.623. The van der Waals surface area contributed by atoms with E-state index in [0.29, 0.717) is 18.0 Å². The Hall–Kier alpha value is -1.97. The molecule has 1 aromatic heterocycles. The number of methoxy groups -OCH3 is 1. The molecule has 1 aromatic carbocycles. The standard InChI is InChI=1S/C17H24N2O2/c1-4-6-7-10-21-17-14(20-3)11-13(18)16-15(17)12(5-2)8-9-19-16/h8-9,11H,4-7,10,18H2,1-3H3. The molecule has 0 radical (unpaired) electrons. The predicted molar refractivity (Wildman–Crippen MR) is 87.1 cm³/mol. The number of pyridine rings is 1. The number of benzene rings is 1. The largest absolute Gasteiger partial charge is 0.493 e. The van der Waals surface area contributed by atoms with Crippen LogP contribution < -0.4 is 15.2 Å². The molecule has 2 N–H and O–H groups in total. The molecule has 4 nitrogen and oxygen atoms in total. The van der Waals surface area contributed by atoms with Gasteiger partial charge in [-0.05, 0) is 24.5 Å². The molecule has 0 aliphatic carbocycles. The molecule has 0 amide bonds. The van der Waals surface area contributed by atoms with Crippen molar-refractivity contribution in [1.82, 2.24) is 4.98 Å². The minimum absolute atomic E-state index is 0.623. The Morgan fingerprint density at radius 1 is 1.24 bits per heavy atom. The van der Waals surface area contributed by atoms with Gasteiger partial charge in [-0.15, -0.1) is 0 Å². The maximum absolute atomic E-state index is 6.10. The van der Waals surface area contributed by atoms with Crippen molar-refractivity contribution >= 4 is 16.6 Å². The minimum Gasteiger partial charge on any atom is -0.493 e. The van der Waals surface area contributed by atoms with Gasteiger partial charge in [0.15, 0.2) is 11.5 Å². The highest BCUT2D eigenvalue weighted by Gasteiger charge is 2.16. The van der Waals surface area contributed by atoms with Gasteiger partial charge < -0.3 is 15.2 Å². The third kappa shape index (κ3) is 3.20. The van der Waals surface area contributed by atoms with Crippen molar-refractivity contribution in [3.05, 3.63) is 23.9 Å². The van der Waals surface area contributed by atoms with Crippen LogP contribution in [-0.4, -0.2) is 18.7 Å². The highest BCUT2D eigenvalue weighted by molar-refractivity contribution is 5.98. The Morgan fingerprint density at radius 3 is 2.71 bits per heavy atom. The van der Waals surface area contributed by atoms with Gasteiger partial charge in [-0.1, -0.05) is 26.7 Å². The summed E-state index contributed by atoms with van der Waals surface area (Å²) in [5.74, 6) is 1.45. The van der Waals surface area contributed by atoms with Crippen molar-refractivity contribution < 1.29 is 9.47 Å². The summed E-state index contributed by atoms with van der Waals surface area (Å²) in [6.07, 6.45) is 6.06. The lowest BCUT2D eigenvalue weighted by Crippen LogP contribution is -2.03. The first kappa shape index (κ1) is 15.4. The molecule has 0 spiro atoms. The Labute approximate surface area is 126 Å². The number of nitrogens with two attached hydrogens (primary N) is 1.